The van der Waals surface area contributed by atoms with Gasteiger partial charge in [0.1, 0.15) is 0 Å². The summed E-state index contributed by atoms with van der Waals surface area (Å²) in [4.78, 5) is 21.3. The third-order valence-electron chi connectivity index (χ3n) is 1.59. The van der Waals surface area contributed by atoms with Gasteiger partial charge >= 0.3 is 5.97 Å². The Hall–Kier alpha value is -1.14. The van der Waals surface area contributed by atoms with Crippen LogP contribution in [0.15, 0.2) is 0 Å². The molecule has 5 N–H and O–H groups in total. The average Bonchev–Trinajstić information content (AvgIpc) is 1.97. The largest absolute Gasteiger partial charge is 0.481 e. The summed E-state index contributed by atoms with van der Waals surface area (Å²) in [6.07, 6.45) is -0.424. The van der Waals surface area contributed by atoms with Crippen LogP contribution in [-0.2, 0) is 9.59 Å². The van der Waals surface area contributed by atoms with Gasteiger partial charge < -0.3 is 21.3 Å². The number of hydrogen-bond donors (Lipinski definition) is 4. The lowest BCUT2D eigenvalue weighted by molar-refractivity contribution is -0.142. The molecule has 0 fully saturated rings. The van der Waals surface area contributed by atoms with Crippen LogP contribution in [0.2, 0.25) is 0 Å². The molecule has 1 unspecified atom stereocenters. The molecule has 0 aromatic carbocycles. The SMILES string of the molecule is C[C@@H](N)C(=O)NCC(C)(O)CC(=O)O. The van der Waals surface area contributed by atoms with Crippen molar-refractivity contribution in [2.24, 2.45) is 5.73 Å². The molecule has 6 heteroatoms. The fourth-order valence-electron chi connectivity index (χ4n) is 0.827. The first-order valence-electron chi connectivity index (χ1n) is 4.22. The van der Waals surface area contributed by atoms with Crippen molar-refractivity contribution in [2.45, 2.75) is 31.9 Å². The van der Waals surface area contributed by atoms with E-state index in [1.165, 1.54) is 13.8 Å². The highest BCUT2D eigenvalue weighted by atomic mass is 16.4. The minimum Gasteiger partial charge on any atom is -0.481 e. The lowest BCUT2D eigenvalue weighted by Crippen LogP contribution is -2.46. The molecule has 0 aliphatic carbocycles. The van der Waals surface area contributed by atoms with E-state index in [-0.39, 0.29) is 6.54 Å². The summed E-state index contributed by atoms with van der Waals surface area (Å²) in [6.45, 7) is 2.71. The zero-order valence-corrected chi connectivity index (χ0v) is 8.28. The number of nitrogens with two attached hydrogens (primary N) is 1. The highest BCUT2D eigenvalue weighted by molar-refractivity contribution is 5.81. The van der Waals surface area contributed by atoms with E-state index in [4.69, 9.17) is 10.8 Å². The molecule has 6 nitrogen and oxygen atoms in total. The van der Waals surface area contributed by atoms with Crippen LogP contribution in [0, 0.1) is 0 Å². The minimum absolute atomic E-state index is 0.125. The summed E-state index contributed by atoms with van der Waals surface area (Å²) >= 11 is 0. The topological polar surface area (TPSA) is 113 Å². The number of hydrogen-bond acceptors (Lipinski definition) is 4. The van der Waals surface area contributed by atoms with Gasteiger partial charge in [-0.25, -0.2) is 0 Å². The van der Waals surface area contributed by atoms with Crippen LogP contribution in [0.4, 0.5) is 0 Å². The highest BCUT2D eigenvalue weighted by Gasteiger charge is 2.25. The molecule has 0 heterocycles. The number of aliphatic carboxylic acids is 1. The van der Waals surface area contributed by atoms with Gasteiger partial charge in [-0.2, -0.15) is 0 Å². The van der Waals surface area contributed by atoms with Crippen LogP contribution in [0.1, 0.15) is 20.3 Å². The quantitative estimate of drug-likeness (QED) is 0.443. The second kappa shape index (κ2) is 4.92. The highest BCUT2D eigenvalue weighted by Crippen LogP contribution is 2.07. The second-order valence-electron chi connectivity index (χ2n) is 3.57. The lowest BCUT2D eigenvalue weighted by Gasteiger charge is -2.21. The van der Waals surface area contributed by atoms with Crippen LogP contribution in [0.3, 0.4) is 0 Å². The van der Waals surface area contributed by atoms with Crippen molar-refractivity contribution in [3.8, 4) is 0 Å². The molecule has 14 heavy (non-hydrogen) atoms. The van der Waals surface area contributed by atoms with Crippen molar-refractivity contribution in [3.63, 3.8) is 0 Å². The number of amides is 1. The molecule has 0 saturated carbocycles. The summed E-state index contributed by atoms with van der Waals surface area (Å²) < 4.78 is 0. The summed E-state index contributed by atoms with van der Waals surface area (Å²) in [5.74, 6) is -1.54. The van der Waals surface area contributed by atoms with Crippen LogP contribution < -0.4 is 11.1 Å². The molecular weight excluding hydrogens is 188 g/mol. The molecule has 0 aromatic heterocycles. The molecule has 0 aromatic rings. The Kier molecular flexibility index (Phi) is 4.52. The van der Waals surface area contributed by atoms with Crippen molar-refractivity contribution >= 4 is 11.9 Å². The molecule has 0 rings (SSSR count). The van der Waals surface area contributed by atoms with Crippen LogP contribution in [-0.4, -0.2) is 40.3 Å². The number of carboxylic acids is 1. The smallest absolute Gasteiger partial charge is 0.306 e. The Balaban J connectivity index is 3.98. The van der Waals surface area contributed by atoms with Crippen molar-refractivity contribution in [1.82, 2.24) is 5.32 Å². The number of carboxylic acid groups (broad SMARTS) is 1. The minimum atomic E-state index is -1.45. The molecule has 2 atom stereocenters. The Bertz CT molecular complexity index is 225. The van der Waals surface area contributed by atoms with E-state index in [2.05, 4.69) is 5.32 Å². The van der Waals surface area contributed by atoms with Gasteiger partial charge in [-0.05, 0) is 13.8 Å². The van der Waals surface area contributed by atoms with Crippen LogP contribution in [0.5, 0.6) is 0 Å². The van der Waals surface area contributed by atoms with E-state index in [0.717, 1.165) is 0 Å². The van der Waals surface area contributed by atoms with Crippen LogP contribution >= 0.6 is 0 Å². The van der Waals surface area contributed by atoms with Crippen molar-refractivity contribution in [1.29, 1.82) is 0 Å². The normalized spacial score (nSPS) is 16.9. The van der Waals surface area contributed by atoms with E-state index in [0.29, 0.717) is 0 Å². The van der Waals surface area contributed by atoms with Crippen LogP contribution in [0.25, 0.3) is 0 Å². The van der Waals surface area contributed by atoms with Gasteiger partial charge in [0.15, 0.2) is 0 Å². The fraction of sp³-hybridized carbons (Fsp3) is 0.750. The fourth-order valence-corrected chi connectivity index (χ4v) is 0.827. The van der Waals surface area contributed by atoms with Gasteiger partial charge in [0.25, 0.3) is 0 Å². The molecule has 0 bridgehead atoms. The molecule has 1 amide bonds. The Labute approximate surface area is 82.1 Å². The molecule has 0 saturated heterocycles. The molecular formula is C8H16N2O4. The maximum atomic E-state index is 11.0. The first kappa shape index (κ1) is 12.9. The van der Waals surface area contributed by atoms with Crippen molar-refractivity contribution in [3.05, 3.63) is 0 Å². The van der Waals surface area contributed by atoms with E-state index in [1.807, 2.05) is 0 Å². The van der Waals surface area contributed by atoms with Gasteiger partial charge in [0.05, 0.1) is 18.1 Å². The first-order valence-corrected chi connectivity index (χ1v) is 4.22. The summed E-state index contributed by atoms with van der Waals surface area (Å²) in [5.41, 5.74) is 3.81. The summed E-state index contributed by atoms with van der Waals surface area (Å²) in [6, 6.07) is -0.671. The average molecular weight is 204 g/mol. The van der Waals surface area contributed by atoms with Crippen molar-refractivity contribution < 1.29 is 19.8 Å². The molecule has 82 valence electrons. The van der Waals surface area contributed by atoms with Gasteiger partial charge in [-0.1, -0.05) is 0 Å². The predicted molar refractivity (Wildman–Crippen MR) is 49.5 cm³/mol. The van der Waals surface area contributed by atoms with Gasteiger partial charge in [0, 0.05) is 6.54 Å². The van der Waals surface area contributed by atoms with Gasteiger partial charge in [-0.3, -0.25) is 9.59 Å². The Morgan fingerprint density at radius 3 is 2.43 bits per heavy atom. The maximum Gasteiger partial charge on any atom is 0.306 e. The molecule has 0 spiro atoms. The summed E-state index contributed by atoms with van der Waals surface area (Å²) in [5, 5.41) is 20.3. The molecule has 0 radical (unpaired) electrons. The van der Waals surface area contributed by atoms with Crippen molar-refractivity contribution in [2.75, 3.05) is 6.54 Å². The third-order valence-corrected chi connectivity index (χ3v) is 1.59. The first-order chi connectivity index (χ1) is 6.24. The maximum absolute atomic E-state index is 11.0. The number of carbonyl (C=O) groups is 2. The van der Waals surface area contributed by atoms with E-state index < -0.39 is 29.9 Å². The van der Waals surface area contributed by atoms with E-state index in [1.54, 1.807) is 0 Å². The Morgan fingerprint density at radius 2 is 2.07 bits per heavy atom. The Morgan fingerprint density at radius 1 is 1.57 bits per heavy atom. The zero-order chi connectivity index (χ0) is 11.4. The monoisotopic (exact) mass is 204 g/mol. The predicted octanol–water partition coefficient (Wildman–Crippen LogP) is -1.32. The number of rotatable bonds is 5. The molecule has 0 aliphatic heterocycles. The standard InChI is InChI=1S/C8H16N2O4/c1-5(9)7(13)10-4-8(2,14)3-6(11)12/h5,14H,3-4,9H2,1-2H3,(H,10,13)(H,11,12)/t5-,8?/m1/s1. The second-order valence-corrected chi connectivity index (χ2v) is 3.57. The van der Waals surface area contributed by atoms with E-state index in [9.17, 15) is 14.7 Å². The number of carbonyl (C=O) groups excluding carboxylic acids is 1. The molecule has 0 aliphatic rings. The summed E-state index contributed by atoms with van der Waals surface area (Å²) in [7, 11) is 0. The third kappa shape index (κ3) is 5.50. The number of aliphatic hydroxyl groups is 1. The lowest BCUT2D eigenvalue weighted by atomic mass is 10.0. The number of nitrogens with one attached hydrogen (secondary N) is 1. The zero-order valence-electron chi connectivity index (χ0n) is 8.28. The van der Waals surface area contributed by atoms with Gasteiger partial charge in [0.2, 0.25) is 5.91 Å². The van der Waals surface area contributed by atoms with E-state index >= 15 is 0 Å². The van der Waals surface area contributed by atoms with Gasteiger partial charge in [-0.15, -0.1) is 0 Å².